The molecule has 0 radical (unpaired) electrons. The lowest BCUT2D eigenvalue weighted by Crippen LogP contribution is -1.99. The maximum absolute atomic E-state index is 10.1. The molecule has 9 heavy (non-hydrogen) atoms. The Morgan fingerprint density at radius 2 is 2.11 bits per heavy atom. The van der Waals surface area contributed by atoms with Gasteiger partial charge >= 0.3 is 6.80 Å². The molecule has 0 atom stereocenters. The summed E-state index contributed by atoms with van der Waals surface area (Å²) in [5.41, 5.74) is 5.07. The van der Waals surface area contributed by atoms with Crippen LogP contribution in [0.25, 0.3) is 0 Å². The van der Waals surface area contributed by atoms with Crippen LogP contribution >= 0.6 is 28.0 Å². The fourth-order valence-electron chi connectivity index (χ4n) is 0.154. The van der Waals surface area contributed by atoms with Gasteiger partial charge in [-0.25, -0.2) is 4.57 Å². The normalized spacial score (nSPS) is 11.9. The SMILES string of the molecule is NCCSSP(=O)(O)O. The molecule has 0 saturated carbocycles. The van der Waals surface area contributed by atoms with Crippen molar-refractivity contribution in [3.05, 3.63) is 0 Å². The fourth-order valence-corrected chi connectivity index (χ4v) is 3.29. The van der Waals surface area contributed by atoms with Crippen molar-refractivity contribution in [1.82, 2.24) is 0 Å². The second-order valence-electron chi connectivity index (χ2n) is 1.18. The van der Waals surface area contributed by atoms with E-state index in [9.17, 15) is 4.57 Å². The van der Waals surface area contributed by atoms with Crippen molar-refractivity contribution in [1.29, 1.82) is 0 Å². The summed E-state index contributed by atoms with van der Waals surface area (Å²) in [5.74, 6) is 0.565. The second kappa shape index (κ2) is 4.60. The zero-order valence-electron chi connectivity index (χ0n) is 4.56. The minimum Gasteiger partial charge on any atom is -0.330 e. The predicted molar refractivity (Wildman–Crippen MR) is 41.1 cm³/mol. The summed E-state index contributed by atoms with van der Waals surface area (Å²) in [4.78, 5) is 16.5. The van der Waals surface area contributed by atoms with Crippen molar-refractivity contribution >= 4 is 28.0 Å². The van der Waals surface area contributed by atoms with Crippen LogP contribution in [0.5, 0.6) is 0 Å². The summed E-state index contributed by atoms with van der Waals surface area (Å²) < 4.78 is 10.1. The Bertz CT molecular complexity index is 114. The topological polar surface area (TPSA) is 83.6 Å². The van der Waals surface area contributed by atoms with Crippen molar-refractivity contribution in [2.24, 2.45) is 5.73 Å². The third-order valence-electron chi connectivity index (χ3n) is 0.351. The van der Waals surface area contributed by atoms with Crippen LogP contribution in [-0.2, 0) is 4.57 Å². The van der Waals surface area contributed by atoms with Gasteiger partial charge in [0.05, 0.1) is 0 Å². The Kier molecular flexibility index (Phi) is 5.01. The number of rotatable bonds is 4. The van der Waals surface area contributed by atoms with E-state index >= 15 is 0 Å². The van der Waals surface area contributed by atoms with Gasteiger partial charge in [0.25, 0.3) is 0 Å². The Balaban J connectivity index is 3.18. The van der Waals surface area contributed by atoms with Crippen LogP contribution < -0.4 is 5.73 Å². The average molecular weight is 189 g/mol. The lowest BCUT2D eigenvalue weighted by Gasteiger charge is -1.98. The first-order valence-corrected chi connectivity index (χ1v) is 6.67. The van der Waals surface area contributed by atoms with Crippen molar-refractivity contribution in [3.8, 4) is 0 Å². The molecule has 56 valence electrons. The van der Waals surface area contributed by atoms with Gasteiger partial charge in [0.2, 0.25) is 0 Å². The van der Waals surface area contributed by atoms with Gasteiger partial charge < -0.3 is 15.5 Å². The van der Waals surface area contributed by atoms with Gasteiger partial charge in [0, 0.05) is 22.7 Å². The molecule has 0 aliphatic heterocycles. The summed E-state index contributed by atoms with van der Waals surface area (Å²) in [6, 6.07) is 0. The second-order valence-corrected chi connectivity index (χ2v) is 6.87. The van der Waals surface area contributed by atoms with Crippen molar-refractivity contribution < 1.29 is 14.4 Å². The number of hydrogen-bond acceptors (Lipinski definition) is 4. The van der Waals surface area contributed by atoms with E-state index in [2.05, 4.69) is 0 Å². The molecule has 0 unspecified atom stereocenters. The summed E-state index contributed by atoms with van der Waals surface area (Å²) in [5, 5.41) is 0. The molecule has 0 saturated heterocycles. The molecule has 0 amide bonds. The monoisotopic (exact) mass is 189 g/mol. The molecular weight excluding hydrogens is 181 g/mol. The minimum absolute atomic E-state index is 0.442. The van der Waals surface area contributed by atoms with Crippen LogP contribution in [0, 0.1) is 0 Å². The largest absolute Gasteiger partial charge is 0.394 e. The highest BCUT2D eigenvalue weighted by atomic mass is 33.3. The molecule has 4 N–H and O–H groups in total. The van der Waals surface area contributed by atoms with Crippen molar-refractivity contribution in [3.63, 3.8) is 0 Å². The molecule has 0 aliphatic carbocycles. The van der Waals surface area contributed by atoms with Gasteiger partial charge in [-0.1, -0.05) is 10.8 Å². The third-order valence-corrected chi connectivity index (χ3v) is 5.15. The Hall–Kier alpha value is 0.810. The van der Waals surface area contributed by atoms with Crippen LogP contribution in [0.4, 0.5) is 0 Å². The predicted octanol–water partition coefficient (Wildman–Crippen LogP) is 0.419. The fraction of sp³-hybridized carbons (Fsp3) is 1.00. The van der Waals surface area contributed by atoms with E-state index in [1.54, 1.807) is 0 Å². The van der Waals surface area contributed by atoms with E-state index in [-0.39, 0.29) is 0 Å². The van der Waals surface area contributed by atoms with Crippen LogP contribution in [0.2, 0.25) is 0 Å². The Morgan fingerprint density at radius 1 is 1.56 bits per heavy atom. The summed E-state index contributed by atoms with van der Waals surface area (Å²) in [6.07, 6.45) is 0. The molecule has 0 heterocycles. The molecule has 0 spiro atoms. The molecule has 0 aromatic carbocycles. The molecule has 0 aliphatic rings. The van der Waals surface area contributed by atoms with Gasteiger partial charge in [0.1, 0.15) is 0 Å². The summed E-state index contributed by atoms with van der Waals surface area (Å²) in [7, 11) is 1.65. The van der Waals surface area contributed by atoms with Gasteiger partial charge in [-0.05, 0) is 0 Å². The molecule has 7 heteroatoms. The van der Waals surface area contributed by atoms with Gasteiger partial charge in [-0.3, -0.25) is 0 Å². The summed E-state index contributed by atoms with van der Waals surface area (Å²) >= 11 is 0. The molecule has 0 aromatic heterocycles. The first-order valence-electron chi connectivity index (χ1n) is 2.13. The van der Waals surface area contributed by atoms with Gasteiger partial charge in [0.15, 0.2) is 0 Å². The van der Waals surface area contributed by atoms with Crippen molar-refractivity contribution in [2.45, 2.75) is 0 Å². The minimum atomic E-state index is -3.87. The molecule has 4 nitrogen and oxygen atoms in total. The zero-order chi connectivity index (χ0) is 7.33. The lowest BCUT2D eigenvalue weighted by atomic mass is 10.8. The first kappa shape index (κ1) is 9.81. The number of hydrogen-bond donors (Lipinski definition) is 3. The Labute approximate surface area is 60.9 Å². The average Bonchev–Trinajstić information content (AvgIpc) is 1.63. The van der Waals surface area contributed by atoms with E-state index in [4.69, 9.17) is 15.5 Å². The van der Waals surface area contributed by atoms with Crippen LogP contribution in [0.15, 0.2) is 0 Å². The molecule has 0 aromatic rings. The highest BCUT2D eigenvalue weighted by molar-refractivity contribution is 8.98. The van der Waals surface area contributed by atoms with Crippen molar-refractivity contribution in [2.75, 3.05) is 12.3 Å². The standard InChI is InChI=1S/C2H8NO3PS2/c3-1-2-8-9-7(4,5)6/h1-3H2,(H2,4,5,6). The van der Waals surface area contributed by atoms with E-state index in [0.717, 1.165) is 10.8 Å². The van der Waals surface area contributed by atoms with E-state index in [1.807, 2.05) is 0 Å². The van der Waals surface area contributed by atoms with Gasteiger partial charge in [-0.15, -0.1) is 0 Å². The van der Waals surface area contributed by atoms with Crippen LogP contribution in [0.3, 0.4) is 0 Å². The smallest absolute Gasteiger partial charge is 0.330 e. The first-order chi connectivity index (χ1) is 4.06. The summed E-state index contributed by atoms with van der Waals surface area (Å²) in [6.45, 7) is -3.43. The van der Waals surface area contributed by atoms with Gasteiger partial charge in [-0.2, -0.15) is 0 Å². The van der Waals surface area contributed by atoms with E-state index in [0.29, 0.717) is 22.7 Å². The Morgan fingerprint density at radius 3 is 2.44 bits per heavy atom. The molecule has 0 bridgehead atoms. The highest BCUT2D eigenvalue weighted by Crippen LogP contribution is 2.56. The molecule has 0 rings (SSSR count). The molecular formula is C2H8NO3PS2. The highest BCUT2D eigenvalue weighted by Gasteiger charge is 2.12. The van der Waals surface area contributed by atoms with E-state index in [1.165, 1.54) is 0 Å². The third kappa shape index (κ3) is 8.81. The van der Waals surface area contributed by atoms with Crippen LogP contribution in [-0.4, -0.2) is 22.1 Å². The number of nitrogens with two attached hydrogens (primary N) is 1. The maximum Gasteiger partial charge on any atom is 0.394 e. The maximum atomic E-state index is 10.1. The quantitative estimate of drug-likeness (QED) is 0.337. The van der Waals surface area contributed by atoms with Crippen LogP contribution in [0.1, 0.15) is 0 Å². The molecule has 0 fully saturated rings. The lowest BCUT2D eigenvalue weighted by molar-refractivity contribution is 0.397. The zero-order valence-corrected chi connectivity index (χ0v) is 7.09. The van der Waals surface area contributed by atoms with E-state index < -0.39 is 6.80 Å².